The summed E-state index contributed by atoms with van der Waals surface area (Å²) in [5.41, 5.74) is 8.50. The number of carbonyl (C=O) groups is 2. The van der Waals surface area contributed by atoms with Crippen LogP contribution in [0.25, 0.3) is 0 Å². The number of anilines is 2. The molecule has 0 aliphatic carbocycles. The molecule has 3 heterocycles. The maximum absolute atomic E-state index is 14.3. The standard InChI is InChI=1S/C31H32FN7O5S/c1-19-22(16-35-31(36-19)44-26-9-6-24(7-10-26)38-45(2,42)43)18-39-13-12-21(15-28(39)20-4-3-5-23(32)14-20)30(41)37-25-8-11-27(29(33)40)34-17-25/h3-11,14,16-17,21,28,38H,12-13,15,18H2,1-2H3,(H2,33,40)(H,37,41). The van der Waals surface area contributed by atoms with Crippen molar-refractivity contribution in [3.05, 3.63) is 101 Å². The third-order valence-corrected chi connectivity index (χ3v) is 8.01. The quantitative estimate of drug-likeness (QED) is 0.232. The molecule has 2 atom stereocenters. The first-order chi connectivity index (χ1) is 21.4. The molecule has 0 spiro atoms. The van der Waals surface area contributed by atoms with Crippen molar-refractivity contribution in [2.75, 3.05) is 22.8 Å². The molecule has 2 aromatic carbocycles. The normalized spacial score (nSPS) is 17.0. The lowest BCUT2D eigenvalue weighted by Gasteiger charge is -2.39. The Balaban J connectivity index is 1.28. The van der Waals surface area contributed by atoms with Gasteiger partial charge in [-0.05, 0) is 80.4 Å². The predicted octanol–water partition coefficient (Wildman–Crippen LogP) is 4.17. The maximum atomic E-state index is 14.3. The molecule has 234 valence electrons. The monoisotopic (exact) mass is 633 g/mol. The second-order valence-corrected chi connectivity index (χ2v) is 12.6. The van der Waals surface area contributed by atoms with Gasteiger partial charge in [0.1, 0.15) is 17.3 Å². The van der Waals surface area contributed by atoms with E-state index in [4.69, 9.17) is 10.5 Å². The number of nitrogens with two attached hydrogens (primary N) is 1. The van der Waals surface area contributed by atoms with Crippen molar-refractivity contribution in [3.8, 4) is 11.8 Å². The van der Waals surface area contributed by atoms with Crippen LogP contribution in [0, 0.1) is 18.7 Å². The van der Waals surface area contributed by atoms with Crippen molar-refractivity contribution < 1.29 is 27.1 Å². The molecule has 2 unspecified atom stereocenters. The van der Waals surface area contributed by atoms with Gasteiger partial charge in [0, 0.05) is 41.6 Å². The first-order valence-electron chi connectivity index (χ1n) is 14.1. The molecule has 45 heavy (non-hydrogen) atoms. The van der Waals surface area contributed by atoms with Crippen molar-refractivity contribution in [2.45, 2.75) is 32.4 Å². The van der Waals surface area contributed by atoms with Crippen molar-refractivity contribution >= 4 is 33.2 Å². The molecule has 0 saturated carbocycles. The summed E-state index contributed by atoms with van der Waals surface area (Å²) in [5, 5.41) is 2.86. The number of sulfonamides is 1. The van der Waals surface area contributed by atoms with Crippen LogP contribution in [0.4, 0.5) is 15.8 Å². The minimum Gasteiger partial charge on any atom is -0.424 e. The summed E-state index contributed by atoms with van der Waals surface area (Å²) in [6.07, 6.45) is 5.16. The summed E-state index contributed by atoms with van der Waals surface area (Å²) < 4.78 is 45.3. The van der Waals surface area contributed by atoms with Gasteiger partial charge in [-0.25, -0.2) is 22.8 Å². The second-order valence-electron chi connectivity index (χ2n) is 10.8. The number of pyridine rings is 1. The number of benzene rings is 2. The van der Waals surface area contributed by atoms with Gasteiger partial charge in [-0.1, -0.05) is 12.1 Å². The van der Waals surface area contributed by atoms with Crippen molar-refractivity contribution in [3.63, 3.8) is 0 Å². The minimum absolute atomic E-state index is 0.101. The highest BCUT2D eigenvalue weighted by Gasteiger charge is 2.34. The smallest absolute Gasteiger partial charge is 0.322 e. The van der Waals surface area contributed by atoms with Crippen LogP contribution in [0.15, 0.2) is 73.1 Å². The molecule has 1 saturated heterocycles. The number of hydrogen-bond acceptors (Lipinski definition) is 9. The Bertz CT molecular complexity index is 1800. The molecule has 12 nitrogen and oxygen atoms in total. The van der Waals surface area contributed by atoms with E-state index in [0.29, 0.717) is 48.7 Å². The van der Waals surface area contributed by atoms with E-state index in [1.165, 1.54) is 24.4 Å². The molecule has 4 N–H and O–H groups in total. The number of aryl methyl sites for hydroxylation is 1. The molecule has 2 amide bonds. The molecular weight excluding hydrogens is 601 g/mol. The Labute approximate surface area is 259 Å². The van der Waals surface area contributed by atoms with Gasteiger partial charge >= 0.3 is 6.01 Å². The number of amides is 2. The molecule has 14 heteroatoms. The molecule has 1 fully saturated rings. The third kappa shape index (κ3) is 8.37. The summed E-state index contributed by atoms with van der Waals surface area (Å²) in [4.78, 5) is 39.6. The number of rotatable bonds is 10. The molecule has 1 aliphatic rings. The summed E-state index contributed by atoms with van der Waals surface area (Å²) >= 11 is 0. The minimum atomic E-state index is -3.39. The van der Waals surface area contributed by atoms with Crippen LogP contribution in [0.3, 0.4) is 0 Å². The summed E-state index contributed by atoms with van der Waals surface area (Å²) in [6.45, 7) is 2.87. The molecular formula is C31H32FN7O5S. The number of halogens is 1. The van der Waals surface area contributed by atoms with Crippen LogP contribution in [0.2, 0.25) is 0 Å². The zero-order valence-corrected chi connectivity index (χ0v) is 25.4. The maximum Gasteiger partial charge on any atom is 0.322 e. The predicted molar refractivity (Wildman–Crippen MR) is 165 cm³/mol. The number of piperidine rings is 1. The first kappa shape index (κ1) is 31.5. The fourth-order valence-electron chi connectivity index (χ4n) is 5.16. The average molecular weight is 634 g/mol. The van der Waals surface area contributed by atoms with Crippen LogP contribution in [0.5, 0.6) is 11.8 Å². The van der Waals surface area contributed by atoms with Gasteiger partial charge in [0.15, 0.2) is 0 Å². The zero-order valence-electron chi connectivity index (χ0n) is 24.6. The lowest BCUT2D eigenvalue weighted by molar-refractivity contribution is -0.122. The van der Waals surface area contributed by atoms with Gasteiger partial charge in [0.25, 0.3) is 5.91 Å². The molecule has 4 aromatic rings. The van der Waals surface area contributed by atoms with Gasteiger partial charge < -0.3 is 15.8 Å². The molecule has 0 radical (unpaired) electrons. The highest BCUT2D eigenvalue weighted by atomic mass is 32.2. The molecule has 5 rings (SSSR count). The topological polar surface area (TPSA) is 170 Å². The van der Waals surface area contributed by atoms with E-state index in [0.717, 1.165) is 17.4 Å². The first-order valence-corrected chi connectivity index (χ1v) is 16.0. The third-order valence-electron chi connectivity index (χ3n) is 7.40. The highest BCUT2D eigenvalue weighted by Crippen LogP contribution is 2.36. The van der Waals surface area contributed by atoms with Gasteiger partial charge in [0.05, 0.1) is 18.1 Å². The van der Waals surface area contributed by atoms with E-state index < -0.39 is 15.9 Å². The summed E-state index contributed by atoms with van der Waals surface area (Å²) in [6, 6.07) is 15.6. The number of primary amides is 1. The van der Waals surface area contributed by atoms with E-state index in [2.05, 4.69) is 29.9 Å². The Hall–Kier alpha value is -4.95. The van der Waals surface area contributed by atoms with Crippen molar-refractivity contribution in [1.82, 2.24) is 19.9 Å². The SMILES string of the molecule is Cc1nc(Oc2ccc(NS(C)(=O)=O)cc2)ncc1CN1CCC(C(=O)Nc2ccc(C(N)=O)nc2)CC1c1cccc(F)c1. The molecule has 0 bridgehead atoms. The van der Waals surface area contributed by atoms with Gasteiger partial charge in [0.2, 0.25) is 15.9 Å². The number of nitrogens with zero attached hydrogens (tertiary/aromatic N) is 4. The molecule has 1 aliphatic heterocycles. The van der Waals surface area contributed by atoms with Crippen molar-refractivity contribution in [1.29, 1.82) is 0 Å². The number of ether oxygens (including phenoxy) is 1. The lowest BCUT2D eigenvalue weighted by Crippen LogP contribution is -2.40. The van der Waals surface area contributed by atoms with Crippen LogP contribution in [0.1, 0.15) is 46.2 Å². The van der Waals surface area contributed by atoms with E-state index in [1.54, 1.807) is 42.6 Å². The Morgan fingerprint density at radius 1 is 1.07 bits per heavy atom. The van der Waals surface area contributed by atoms with E-state index in [-0.39, 0.29) is 35.4 Å². The zero-order chi connectivity index (χ0) is 32.1. The number of carbonyl (C=O) groups excluding carboxylic acids is 2. The number of hydrogen-bond donors (Lipinski definition) is 3. The Morgan fingerprint density at radius 3 is 2.47 bits per heavy atom. The fourth-order valence-corrected chi connectivity index (χ4v) is 5.73. The number of likely N-dealkylation sites (tertiary alicyclic amines) is 1. The largest absolute Gasteiger partial charge is 0.424 e. The summed E-state index contributed by atoms with van der Waals surface area (Å²) in [5.74, 6) is -1.12. The number of aromatic nitrogens is 3. The fraction of sp³-hybridized carbons (Fsp3) is 0.258. The van der Waals surface area contributed by atoms with Crippen LogP contribution >= 0.6 is 0 Å². The Kier molecular flexibility index (Phi) is 9.34. The molecule has 2 aromatic heterocycles. The highest BCUT2D eigenvalue weighted by molar-refractivity contribution is 7.92. The lowest BCUT2D eigenvalue weighted by atomic mass is 9.86. The van der Waals surface area contributed by atoms with Crippen LogP contribution < -0.4 is 20.5 Å². The average Bonchev–Trinajstić information content (AvgIpc) is 2.99. The second kappa shape index (κ2) is 13.4. The Morgan fingerprint density at radius 2 is 1.82 bits per heavy atom. The van der Waals surface area contributed by atoms with Gasteiger partial charge in [-0.15, -0.1) is 0 Å². The van der Waals surface area contributed by atoms with Crippen LogP contribution in [-0.2, 0) is 21.4 Å². The van der Waals surface area contributed by atoms with E-state index >= 15 is 0 Å². The van der Waals surface area contributed by atoms with Crippen molar-refractivity contribution in [2.24, 2.45) is 11.7 Å². The van der Waals surface area contributed by atoms with Crippen LogP contribution in [-0.4, -0.2) is 52.9 Å². The van der Waals surface area contributed by atoms with E-state index in [9.17, 15) is 22.4 Å². The summed E-state index contributed by atoms with van der Waals surface area (Å²) in [7, 11) is -3.39. The number of nitrogens with one attached hydrogen (secondary N) is 2. The van der Waals surface area contributed by atoms with Gasteiger partial charge in [-0.2, -0.15) is 4.98 Å². The van der Waals surface area contributed by atoms with Gasteiger partial charge in [-0.3, -0.25) is 19.2 Å². The van der Waals surface area contributed by atoms with E-state index in [1.807, 2.05) is 13.0 Å².